The van der Waals surface area contributed by atoms with Crippen LogP contribution in [0.5, 0.6) is 0 Å². The molecule has 0 aromatic carbocycles. The van der Waals surface area contributed by atoms with Crippen molar-refractivity contribution in [3.05, 3.63) is 0 Å². The van der Waals surface area contributed by atoms with E-state index in [0.29, 0.717) is 12.1 Å². The Morgan fingerprint density at radius 1 is 1.29 bits per heavy atom. The van der Waals surface area contributed by atoms with E-state index in [1.54, 1.807) is 0 Å². The summed E-state index contributed by atoms with van der Waals surface area (Å²) in [6.07, 6.45) is 6.24. The van der Waals surface area contributed by atoms with Crippen molar-refractivity contribution >= 4 is 0 Å². The first-order chi connectivity index (χ1) is 6.79. The molecule has 1 aliphatic carbocycles. The maximum atomic E-state index is 9.48. The number of hydrogen-bond acceptors (Lipinski definition) is 3. The predicted octanol–water partition coefficient (Wildman–Crippen LogP) is 1.01. The van der Waals surface area contributed by atoms with Crippen LogP contribution in [0.15, 0.2) is 0 Å². The van der Waals surface area contributed by atoms with Gasteiger partial charge in [-0.1, -0.05) is 0 Å². The topological polar surface area (TPSA) is 32.7 Å². The molecule has 3 heteroatoms. The maximum Gasteiger partial charge on any atom is 0.0679 e. The van der Waals surface area contributed by atoms with Crippen LogP contribution in [-0.2, 0) is 4.74 Å². The summed E-state index contributed by atoms with van der Waals surface area (Å²) < 4.78 is 5.42. The van der Waals surface area contributed by atoms with Gasteiger partial charge in [-0.25, -0.2) is 0 Å². The Labute approximate surface area is 86.0 Å². The number of likely N-dealkylation sites (tertiary alicyclic amines) is 1. The third-order valence-corrected chi connectivity index (χ3v) is 3.64. The highest BCUT2D eigenvalue weighted by Gasteiger charge is 2.30. The molecular formula is C11H21NO2. The first-order valence-corrected chi connectivity index (χ1v) is 5.74. The van der Waals surface area contributed by atoms with Crippen molar-refractivity contribution in [3.63, 3.8) is 0 Å². The summed E-state index contributed by atoms with van der Waals surface area (Å²) in [7, 11) is 1.81. The number of aliphatic hydroxyl groups excluding tert-OH is 1. The van der Waals surface area contributed by atoms with Gasteiger partial charge in [0.15, 0.2) is 0 Å². The number of methoxy groups -OCH3 is 1. The molecule has 0 radical (unpaired) electrons. The van der Waals surface area contributed by atoms with E-state index in [4.69, 9.17) is 4.74 Å². The smallest absolute Gasteiger partial charge is 0.0679 e. The summed E-state index contributed by atoms with van der Waals surface area (Å²) in [6.45, 7) is 1.95. The highest BCUT2D eigenvalue weighted by Crippen LogP contribution is 2.27. The molecule has 3 atom stereocenters. The number of β-amino-alcohol motifs (C(OH)–C–C–N with tert-alkyl or cyclic N) is 1. The molecule has 1 saturated heterocycles. The molecule has 14 heavy (non-hydrogen) atoms. The molecule has 0 bridgehead atoms. The fourth-order valence-electron chi connectivity index (χ4n) is 2.77. The van der Waals surface area contributed by atoms with Crippen LogP contribution in [0, 0.1) is 0 Å². The Morgan fingerprint density at radius 3 is 2.79 bits per heavy atom. The third-order valence-electron chi connectivity index (χ3n) is 3.64. The van der Waals surface area contributed by atoms with Gasteiger partial charge in [0, 0.05) is 26.2 Å². The molecule has 3 nitrogen and oxygen atoms in total. The van der Waals surface area contributed by atoms with E-state index in [0.717, 1.165) is 25.9 Å². The predicted molar refractivity (Wildman–Crippen MR) is 55.2 cm³/mol. The monoisotopic (exact) mass is 199 g/mol. The van der Waals surface area contributed by atoms with Gasteiger partial charge in [0.2, 0.25) is 0 Å². The number of aliphatic hydroxyl groups is 1. The lowest BCUT2D eigenvalue weighted by atomic mass is 9.92. The fraction of sp³-hybridized carbons (Fsp3) is 1.00. The van der Waals surface area contributed by atoms with E-state index in [-0.39, 0.29) is 6.10 Å². The number of ether oxygens (including phenoxy) is 1. The SMILES string of the molecule is COC1CCCC(N2CC[C@@H](O)C2)C1. The molecular weight excluding hydrogens is 178 g/mol. The highest BCUT2D eigenvalue weighted by atomic mass is 16.5. The second-order valence-electron chi connectivity index (χ2n) is 4.62. The van der Waals surface area contributed by atoms with Gasteiger partial charge in [0.1, 0.15) is 0 Å². The average Bonchev–Trinajstić information content (AvgIpc) is 2.65. The minimum absolute atomic E-state index is 0.0853. The number of rotatable bonds is 2. The average molecular weight is 199 g/mol. The maximum absolute atomic E-state index is 9.48. The molecule has 2 rings (SSSR count). The standard InChI is InChI=1S/C11H21NO2/c1-14-11-4-2-3-9(7-11)12-6-5-10(13)8-12/h9-11,13H,2-8H2,1H3/t9?,10-,11?/m1/s1. The Bertz CT molecular complexity index is 186. The quantitative estimate of drug-likeness (QED) is 0.720. The van der Waals surface area contributed by atoms with E-state index in [2.05, 4.69) is 4.90 Å². The van der Waals surface area contributed by atoms with Crippen molar-refractivity contribution in [2.45, 2.75) is 50.4 Å². The van der Waals surface area contributed by atoms with Crippen LogP contribution in [0.2, 0.25) is 0 Å². The molecule has 1 N–H and O–H groups in total. The molecule has 1 saturated carbocycles. The molecule has 0 amide bonds. The zero-order valence-corrected chi connectivity index (χ0v) is 8.98. The molecule has 1 heterocycles. The molecule has 0 spiro atoms. The molecule has 0 aromatic rings. The van der Waals surface area contributed by atoms with Crippen LogP contribution in [0.25, 0.3) is 0 Å². The van der Waals surface area contributed by atoms with Crippen LogP contribution in [0.3, 0.4) is 0 Å². The van der Waals surface area contributed by atoms with E-state index in [1.165, 1.54) is 19.3 Å². The van der Waals surface area contributed by atoms with Crippen LogP contribution >= 0.6 is 0 Å². The van der Waals surface area contributed by atoms with Gasteiger partial charge in [-0.2, -0.15) is 0 Å². The Balaban J connectivity index is 1.84. The van der Waals surface area contributed by atoms with Gasteiger partial charge in [-0.3, -0.25) is 4.90 Å². The van der Waals surface area contributed by atoms with Crippen molar-refractivity contribution in [2.75, 3.05) is 20.2 Å². The van der Waals surface area contributed by atoms with Crippen LogP contribution < -0.4 is 0 Å². The van der Waals surface area contributed by atoms with Crippen LogP contribution in [0.4, 0.5) is 0 Å². The number of hydrogen-bond donors (Lipinski definition) is 1. The summed E-state index contributed by atoms with van der Waals surface area (Å²) in [5, 5.41) is 9.48. The van der Waals surface area contributed by atoms with Crippen LogP contribution in [-0.4, -0.2) is 48.5 Å². The van der Waals surface area contributed by atoms with E-state index >= 15 is 0 Å². The Morgan fingerprint density at radius 2 is 2.14 bits per heavy atom. The zero-order valence-electron chi connectivity index (χ0n) is 8.98. The van der Waals surface area contributed by atoms with Gasteiger partial charge in [0.05, 0.1) is 12.2 Å². The lowest BCUT2D eigenvalue weighted by Crippen LogP contribution is -2.39. The van der Waals surface area contributed by atoms with E-state index in [1.807, 2.05) is 7.11 Å². The summed E-state index contributed by atoms with van der Waals surface area (Å²) >= 11 is 0. The molecule has 82 valence electrons. The summed E-state index contributed by atoms with van der Waals surface area (Å²) in [5.41, 5.74) is 0. The third kappa shape index (κ3) is 2.27. The Hall–Kier alpha value is -0.120. The summed E-state index contributed by atoms with van der Waals surface area (Å²) in [6, 6.07) is 0.658. The first kappa shape index (κ1) is 10.4. The van der Waals surface area contributed by atoms with Crippen molar-refractivity contribution in [3.8, 4) is 0 Å². The van der Waals surface area contributed by atoms with Crippen molar-refractivity contribution in [2.24, 2.45) is 0 Å². The summed E-state index contributed by atoms with van der Waals surface area (Å²) in [5.74, 6) is 0. The molecule has 2 aliphatic rings. The normalized spacial score (nSPS) is 40.3. The second-order valence-corrected chi connectivity index (χ2v) is 4.62. The summed E-state index contributed by atoms with van der Waals surface area (Å²) in [4.78, 5) is 2.44. The van der Waals surface area contributed by atoms with Gasteiger partial charge in [-0.05, 0) is 32.1 Å². The van der Waals surface area contributed by atoms with Gasteiger partial charge in [0.25, 0.3) is 0 Å². The van der Waals surface area contributed by atoms with Crippen molar-refractivity contribution in [1.29, 1.82) is 0 Å². The lowest BCUT2D eigenvalue weighted by molar-refractivity contribution is 0.0307. The van der Waals surface area contributed by atoms with Crippen molar-refractivity contribution < 1.29 is 9.84 Å². The minimum atomic E-state index is -0.0853. The first-order valence-electron chi connectivity index (χ1n) is 5.74. The molecule has 1 aliphatic heterocycles. The fourth-order valence-corrected chi connectivity index (χ4v) is 2.77. The molecule has 2 unspecified atom stereocenters. The van der Waals surface area contributed by atoms with Gasteiger partial charge < -0.3 is 9.84 Å². The molecule has 2 fully saturated rings. The zero-order chi connectivity index (χ0) is 9.97. The van der Waals surface area contributed by atoms with Crippen LogP contribution in [0.1, 0.15) is 32.1 Å². The number of nitrogens with zero attached hydrogens (tertiary/aromatic N) is 1. The largest absolute Gasteiger partial charge is 0.392 e. The highest BCUT2D eigenvalue weighted by molar-refractivity contribution is 4.85. The Kier molecular flexibility index (Phi) is 3.42. The van der Waals surface area contributed by atoms with E-state index < -0.39 is 0 Å². The molecule has 0 aromatic heterocycles. The minimum Gasteiger partial charge on any atom is -0.392 e. The van der Waals surface area contributed by atoms with Gasteiger partial charge >= 0.3 is 0 Å². The van der Waals surface area contributed by atoms with Crippen molar-refractivity contribution in [1.82, 2.24) is 4.90 Å². The van der Waals surface area contributed by atoms with Gasteiger partial charge in [-0.15, -0.1) is 0 Å². The van der Waals surface area contributed by atoms with E-state index in [9.17, 15) is 5.11 Å². The second kappa shape index (κ2) is 4.60. The lowest BCUT2D eigenvalue weighted by Gasteiger charge is -2.34.